The summed E-state index contributed by atoms with van der Waals surface area (Å²) in [6, 6.07) is 6.52. The summed E-state index contributed by atoms with van der Waals surface area (Å²) in [5, 5.41) is 1.17. The minimum Gasteiger partial charge on any atom is -0.272 e. The first-order valence-corrected chi connectivity index (χ1v) is 9.84. The maximum Gasteiger partial charge on any atom is 0.271 e. The molecular weight excluding hydrogens is 463 g/mol. The number of amides is 3. The van der Waals surface area contributed by atoms with Gasteiger partial charge in [0, 0.05) is 9.65 Å². The Morgan fingerprint density at radius 3 is 2.17 bits per heavy atom. The van der Waals surface area contributed by atoms with Crippen molar-refractivity contribution in [3.05, 3.63) is 34.9 Å². The predicted molar refractivity (Wildman–Crippen MR) is 94.8 cm³/mol. The van der Waals surface area contributed by atoms with Crippen LogP contribution in [-0.2, 0) is 9.59 Å². The van der Waals surface area contributed by atoms with Crippen molar-refractivity contribution < 1.29 is 14.4 Å². The lowest BCUT2D eigenvalue weighted by Crippen LogP contribution is -2.47. The molecule has 1 saturated heterocycles. The number of benzene rings is 1. The van der Waals surface area contributed by atoms with Gasteiger partial charge in [-0.05, 0) is 30.4 Å². The quantitative estimate of drug-likeness (QED) is 0.527. The van der Waals surface area contributed by atoms with Crippen LogP contribution < -0.4 is 5.43 Å². The molecule has 24 heavy (non-hydrogen) atoms. The fourth-order valence-corrected chi connectivity index (χ4v) is 6.36. The van der Waals surface area contributed by atoms with Crippen LogP contribution in [-0.4, -0.2) is 32.4 Å². The van der Waals surface area contributed by atoms with Gasteiger partial charge in [0.2, 0.25) is 0 Å². The van der Waals surface area contributed by atoms with Crippen molar-refractivity contribution >= 4 is 61.2 Å². The molecule has 2 saturated carbocycles. The largest absolute Gasteiger partial charge is 0.272 e. The molecule has 0 radical (unpaired) electrons. The molecule has 3 fully saturated rings. The van der Waals surface area contributed by atoms with Gasteiger partial charge in [-0.15, -0.1) is 0 Å². The number of carbonyl (C=O) groups is 3. The molecule has 0 spiro atoms. The van der Waals surface area contributed by atoms with E-state index in [2.05, 4.69) is 37.3 Å². The minimum atomic E-state index is -0.555. The van der Waals surface area contributed by atoms with Crippen molar-refractivity contribution in [2.24, 2.45) is 23.7 Å². The number of rotatable bonds is 2. The van der Waals surface area contributed by atoms with E-state index in [1.54, 1.807) is 24.3 Å². The second-order valence-corrected chi connectivity index (χ2v) is 8.96. The topological polar surface area (TPSA) is 66.5 Å². The molecule has 2 aliphatic carbocycles. The smallest absolute Gasteiger partial charge is 0.271 e. The Morgan fingerprint density at radius 1 is 1.08 bits per heavy atom. The van der Waals surface area contributed by atoms with E-state index in [4.69, 9.17) is 11.6 Å². The van der Waals surface area contributed by atoms with Crippen molar-refractivity contribution in [3.8, 4) is 0 Å². The van der Waals surface area contributed by atoms with Gasteiger partial charge in [0.25, 0.3) is 17.7 Å². The third-order valence-corrected chi connectivity index (χ3v) is 8.86. The van der Waals surface area contributed by atoms with Crippen LogP contribution in [0.1, 0.15) is 16.8 Å². The average Bonchev–Trinajstić information content (AvgIpc) is 3.15. The summed E-state index contributed by atoms with van der Waals surface area (Å²) in [7, 11) is 0. The number of imide groups is 1. The Morgan fingerprint density at radius 2 is 1.62 bits per heavy atom. The Labute approximate surface area is 160 Å². The molecule has 0 unspecified atom stereocenters. The van der Waals surface area contributed by atoms with Gasteiger partial charge in [-0.3, -0.25) is 19.8 Å². The van der Waals surface area contributed by atoms with Crippen molar-refractivity contribution in [2.45, 2.75) is 16.1 Å². The highest BCUT2D eigenvalue weighted by atomic mass is 79.9. The highest BCUT2D eigenvalue weighted by Crippen LogP contribution is 2.59. The molecule has 1 aromatic rings. The molecule has 5 nitrogen and oxygen atoms in total. The third-order valence-electron chi connectivity index (χ3n) is 5.32. The summed E-state index contributed by atoms with van der Waals surface area (Å²) in [5.41, 5.74) is 2.68. The lowest BCUT2D eigenvalue weighted by Gasteiger charge is -2.28. The number of nitrogens with zero attached hydrogens (tertiary/aromatic N) is 1. The number of fused-ring (bicyclic) bond motifs is 5. The van der Waals surface area contributed by atoms with Crippen molar-refractivity contribution in [3.63, 3.8) is 0 Å². The standard InChI is InChI=1S/C16H13Br2ClN2O3/c17-12-7-5-8(13(12)18)11-10(7)15(23)21(16(11)24)20-14(22)6-3-1-2-4-9(6)19/h1-4,7-8,10-13H,5H2,(H,20,22)/t7-,8-,10-,11+,12+,13+/m1/s1. The number of alkyl halides is 2. The molecule has 1 heterocycles. The minimum absolute atomic E-state index is 0.114. The Kier molecular flexibility index (Phi) is 4.01. The molecule has 6 atom stereocenters. The molecule has 4 rings (SSSR count). The van der Waals surface area contributed by atoms with E-state index < -0.39 is 5.91 Å². The number of hydrogen-bond donors (Lipinski definition) is 1. The Balaban J connectivity index is 1.58. The molecule has 8 heteroatoms. The summed E-state index contributed by atoms with van der Waals surface area (Å²) in [5.74, 6) is -1.67. The number of hydrogen-bond acceptors (Lipinski definition) is 3. The maximum absolute atomic E-state index is 12.7. The first-order chi connectivity index (χ1) is 11.4. The van der Waals surface area contributed by atoms with E-state index >= 15 is 0 Å². The molecule has 3 aliphatic rings. The van der Waals surface area contributed by atoms with Crippen LogP contribution in [0.2, 0.25) is 5.02 Å². The summed E-state index contributed by atoms with van der Waals surface area (Å²) < 4.78 is 0. The number of halogens is 3. The summed E-state index contributed by atoms with van der Waals surface area (Å²) in [6.07, 6.45) is 0.852. The third kappa shape index (κ3) is 2.21. The lowest BCUT2D eigenvalue weighted by atomic mass is 9.81. The van der Waals surface area contributed by atoms with Crippen molar-refractivity contribution in [2.75, 3.05) is 0 Å². The Bertz CT molecular complexity index is 727. The SMILES string of the molecule is O=C(NN1C(=O)[C@@H]2[C@H]3C[C@@H]([C@H](Br)[C@H]3Br)[C@@H]2C1=O)c1ccccc1Cl. The molecule has 3 amide bonds. The van der Waals surface area contributed by atoms with Crippen LogP contribution in [0.15, 0.2) is 24.3 Å². The van der Waals surface area contributed by atoms with Gasteiger partial charge in [-0.2, -0.15) is 5.01 Å². The second-order valence-electron chi connectivity index (χ2n) is 6.44. The van der Waals surface area contributed by atoms with E-state index in [0.29, 0.717) is 0 Å². The highest BCUT2D eigenvalue weighted by Gasteiger charge is 2.66. The number of carbonyl (C=O) groups excluding carboxylic acids is 3. The zero-order chi connectivity index (χ0) is 17.2. The number of hydrazine groups is 1. The van der Waals surface area contributed by atoms with Crippen LogP contribution in [0.25, 0.3) is 0 Å². The fraction of sp³-hybridized carbons (Fsp3) is 0.438. The molecule has 1 aliphatic heterocycles. The predicted octanol–water partition coefficient (Wildman–Crippen LogP) is 2.76. The molecular formula is C16H13Br2ClN2O3. The second kappa shape index (κ2) is 5.81. The summed E-state index contributed by atoms with van der Waals surface area (Å²) >= 11 is 13.3. The molecule has 0 aromatic heterocycles. The van der Waals surface area contributed by atoms with E-state index in [9.17, 15) is 14.4 Å². The summed E-state index contributed by atoms with van der Waals surface area (Å²) in [6.45, 7) is 0. The van der Waals surface area contributed by atoms with Crippen LogP contribution in [0.3, 0.4) is 0 Å². The van der Waals surface area contributed by atoms with Gasteiger partial charge in [0.15, 0.2) is 0 Å². The molecule has 2 bridgehead atoms. The van der Waals surface area contributed by atoms with Gasteiger partial charge in [-0.1, -0.05) is 55.6 Å². The van der Waals surface area contributed by atoms with Crippen LogP contribution in [0.4, 0.5) is 0 Å². The van der Waals surface area contributed by atoms with E-state index in [0.717, 1.165) is 11.4 Å². The first kappa shape index (κ1) is 16.5. The van der Waals surface area contributed by atoms with Gasteiger partial charge >= 0.3 is 0 Å². The van der Waals surface area contributed by atoms with Gasteiger partial charge in [0.1, 0.15) is 0 Å². The van der Waals surface area contributed by atoms with Gasteiger partial charge in [0.05, 0.1) is 22.4 Å². The van der Waals surface area contributed by atoms with E-state index in [1.807, 2.05) is 0 Å². The maximum atomic E-state index is 12.7. The Hall–Kier alpha value is -0.920. The normalized spacial score (nSPS) is 37.0. The fourth-order valence-electron chi connectivity index (χ4n) is 4.27. The zero-order valence-corrected chi connectivity index (χ0v) is 16.2. The number of nitrogens with one attached hydrogen (secondary N) is 1. The van der Waals surface area contributed by atoms with Crippen LogP contribution >= 0.6 is 43.5 Å². The molecule has 1 aromatic carbocycles. The van der Waals surface area contributed by atoms with E-state index in [1.165, 1.54) is 0 Å². The van der Waals surface area contributed by atoms with Crippen molar-refractivity contribution in [1.29, 1.82) is 0 Å². The van der Waals surface area contributed by atoms with Crippen LogP contribution in [0, 0.1) is 23.7 Å². The van der Waals surface area contributed by atoms with Crippen molar-refractivity contribution in [1.82, 2.24) is 10.4 Å². The molecule has 1 N–H and O–H groups in total. The monoisotopic (exact) mass is 474 g/mol. The van der Waals surface area contributed by atoms with Crippen LogP contribution in [0.5, 0.6) is 0 Å². The zero-order valence-electron chi connectivity index (χ0n) is 12.3. The van der Waals surface area contributed by atoms with E-state index in [-0.39, 0.29) is 55.7 Å². The first-order valence-electron chi connectivity index (χ1n) is 7.63. The lowest BCUT2D eigenvalue weighted by molar-refractivity contribution is -0.143. The van der Waals surface area contributed by atoms with Gasteiger partial charge in [-0.25, -0.2) is 0 Å². The average molecular weight is 477 g/mol. The molecule has 126 valence electrons. The van der Waals surface area contributed by atoms with Gasteiger partial charge < -0.3 is 0 Å². The summed E-state index contributed by atoms with van der Waals surface area (Å²) in [4.78, 5) is 38.1. The highest BCUT2D eigenvalue weighted by molar-refractivity contribution is 9.12.